The molecule has 2 heterocycles. The largest absolute Gasteiger partial charge is 1.00 e. The van der Waals surface area contributed by atoms with E-state index >= 15 is 0 Å². The molecule has 0 spiro atoms. The van der Waals surface area contributed by atoms with E-state index in [0.29, 0.717) is 5.56 Å². The van der Waals surface area contributed by atoms with E-state index in [4.69, 9.17) is 0 Å². The molecule has 230 valence electrons. The third-order valence-corrected chi connectivity index (χ3v) is 7.88. The molecule has 3 aromatic rings. The van der Waals surface area contributed by atoms with Crippen molar-refractivity contribution in [2.75, 3.05) is 19.6 Å². The quantitative estimate of drug-likeness (QED) is 0.130. The van der Waals surface area contributed by atoms with E-state index < -0.39 is 26.1 Å². The van der Waals surface area contributed by atoms with Gasteiger partial charge in [-0.15, -0.1) is 6.58 Å². The van der Waals surface area contributed by atoms with Crippen LogP contribution in [-0.2, 0) is 33.7 Å². The molecule has 12 nitrogen and oxygen atoms in total. The van der Waals surface area contributed by atoms with Crippen LogP contribution in [0.4, 0.5) is 4.79 Å². The van der Waals surface area contributed by atoms with Crippen LogP contribution in [0.25, 0.3) is 0 Å². The minimum atomic E-state index is -5.24. The van der Waals surface area contributed by atoms with Gasteiger partial charge in [0.25, 0.3) is 0 Å². The Kier molecular flexibility index (Phi) is 14.1. The number of nitrogens with zero attached hydrogens (tertiary/aromatic N) is 4. The number of carbonyl (C=O) groups excluding carboxylic acids is 3. The molecule has 0 aliphatic carbocycles. The van der Waals surface area contributed by atoms with Gasteiger partial charge in [-0.3, -0.25) is 9.59 Å². The second-order valence-electron chi connectivity index (χ2n) is 10.5. The van der Waals surface area contributed by atoms with Gasteiger partial charge in [0, 0.05) is 26.1 Å². The number of amides is 4. The minimum Gasteiger partial charge on any atom is -0.780 e. The van der Waals surface area contributed by atoms with Crippen molar-refractivity contribution in [2.24, 2.45) is 0 Å². The Bertz CT molecular complexity index is 1550. The molecule has 4 amide bonds. The standard InChI is InChI=1S/C31H34N5O7P.2Na/c1-2-17-34-22-29(37)35-27(18-23-13-15-26(16-14-23)43-44(40,41)42)30(38)33(20-25-11-7-4-8-12-25)21-28(35)36(34)31(39)32-19-24-9-5-3-6-10-24;;/h2-16,27-28H,1,17-22H2,(H,32,39)(H2,40,41,42);;/q;2*+1/p-2/t27-,28?;;/m0../s1. The van der Waals surface area contributed by atoms with Crippen molar-refractivity contribution in [3.8, 4) is 5.75 Å². The molecule has 2 fully saturated rings. The summed E-state index contributed by atoms with van der Waals surface area (Å²) in [5.41, 5.74) is 2.39. The number of rotatable bonds is 10. The van der Waals surface area contributed by atoms with Crippen molar-refractivity contribution in [3.63, 3.8) is 0 Å². The van der Waals surface area contributed by atoms with Gasteiger partial charge in [-0.25, -0.2) is 14.8 Å². The van der Waals surface area contributed by atoms with Gasteiger partial charge < -0.3 is 34.0 Å². The molecule has 0 radical (unpaired) electrons. The number of hydrogen-bond donors (Lipinski definition) is 1. The van der Waals surface area contributed by atoms with Crippen LogP contribution in [0.3, 0.4) is 0 Å². The molecule has 0 aromatic heterocycles. The summed E-state index contributed by atoms with van der Waals surface area (Å²) in [5, 5.41) is 6.08. The number of piperazine rings is 1. The van der Waals surface area contributed by atoms with Crippen LogP contribution in [-0.4, -0.2) is 69.5 Å². The Morgan fingerprint density at radius 3 is 2.13 bits per heavy atom. The van der Waals surface area contributed by atoms with Crippen LogP contribution in [0.5, 0.6) is 5.75 Å². The maximum atomic E-state index is 14.0. The second-order valence-corrected chi connectivity index (χ2v) is 11.6. The van der Waals surface area contributed by atoms with E-state index in [1.807, 2.05) is 60.7 Å². The molecule has 1 unspecified atom stereocenters. The second kappa shape index (κ2) is 17.1. The molecule has 15 heteroatoms. The fraction of sp³-hybridized carbons (Fsp3) is 0.258. The molecule has 46 heavy (non-hydrogen) atoms. The summed E-state index contributed by atoms with van der Waals surface area (Å²) in [4.78, 5) is 66.7. The Hall–Kier alpha value is -2.48. The molecule has 2 aliphatic heterocycles. The summed E-state index contributed by atoms with van der Waals surface area (Å²) in [7, 11) is -5.24. The SMILES string of the molecule is C=CCN1CC(=O)N2C(CN(Cc3ccccc3)C(=O)[C@@H]2Cc2ccc(OP(=O)([O-])[O-])cc2)N1C(=O)NCc1ccccc1.[Na+].[Na+]. The molecular formula is C31H32N5Na2O7P. The Labute approximate surface area is 312 Å². The third kappa shape index (κ3) is 9.54. The van der Waals surface area contributed by atoms with E-state index in [9.17, 15) is 28.7 Å². The van der Waals surface area contributed by atoms with Gasteiger partial charge in [-0.2, -0.15) is 0 Å². The maximum absolute atomic E-state index is 14.0. The van der Waals surface area contributed by atoms with Gasteiger partial charge in [-0.1, -0.05) is 78.9 Å². The minimum absolute atomic E-state index is 0. The van der Waals surface area contributed by atoms with Crippen LogP contribution in [0.15, 0.2) is 97.6 Å². The number of nitrogens with one attached hydrogen (secondary N) is 1. The van der Waals surface area contributed by atoms with E-state index in [0.717, 1.165) is 11.1 Å². The Balaban J connectivity index is 0.00000288. The van der Waals surface area contributed by atoms with Crippen molar-refractivity contribution >= 4 is 25.7 Å². The fourth-order valence-electron chi connectivity index (χ4n) is 5.54. The number of urea groups is 1. The number of phosphoric acid groups is 1. The van der Waals surface area contributed by atoms with Gasteiger partial charge in [0.15, 0.2) is 0 Å². The van der Waals surface area contributed by atoms with Crippen LogP contribution in [0, 0.1) is 0 Å². The Morgan fingerprint density at radius 2 is 1.54 bits per heavy atom. The average molecular weight is 664 g/mol. The van der Waals surface area contributed by atoms with Gasteiger partial charge in [0.1, 0.15) is 25.8 Å². The Morgan fingerprint density at radius 1 is 0.935 bits per heavy atom. The number of benzene rings is 3. The van der Waals surface area contributed by atoms with Crippen LogP contribution in [0.1, 0.15) is 16.7 Å². The summed E-state index contributed by atoms with van der Waals surface area (Å²) in [6.45, 7) is 4.51. The molecule has 1 N–H and O–H groups in total. The number of hydrogen-bond acceptors (Lipinski definition) is 8. The molecule has 2 atom stereocenters. The first-order valence-corrected chi connectivity index (χ1v) is 15.5. The first-order valence-electron chi connectivity index (χ1n) is 14.0. The van der Waals surface area contributed by atoms with Crippen molar-refractivity contribution in [1.82, 2.24) is 25.1 Å². The number of carbonyl (C=O) groups is 3. The van der Waals surface area contributed by atoms with Crippen LogP contribution < -0.4 is 78.7 Å². The number of hydrazine groups is 1. The smallest absolute Gasteiger partial charge is 0.780 e. The summed E-state index contributed by atoms with van der Waals surface area (Å²) in [5.74, 6) is -0.763. The van der Waals surface area contributed by atoms with Crippen molar-refractivity contribution in [1.29, 1.82) is 0 Å². The summed E-state index contributed by atoms with van der Waals surface area (Å²) in [6.07, 6.45) is 0.882. The zero-order chi connectivity index (χ0) is 31.3. The van der Waals surface area contributed by atoms with Crippen molar-refractivity contribution < 1.29 is 92.4 Å². The topological polar surface area (TPSA) is 149 Å². The summed E-state index contributed by atoms with van der Waals surface area (Å²) < 4.78 is 15.4. The van der Waals surface area contributed by atoms with Gasteiger partial charge in [0.05, 0.1) is 13.1 Å². The van der Waals surface area contributed by atoms with Gasteiger partial charge in [-0.05, 0) is 28.8 Å². The summed E-state index contributed by atoms with van der Waals surface area (Å²) >= 11 is 0. The number of phosphoric ester groups is 1. The van der Waals surface area contributed by atoms with E-state index in [-0.39, 0.29) is 116 Å². The average Bonchev–Trinajstić information content (AvgIpc) is 2.99. The normalized spacial score (nSPS) is 18.2. The molecule has 2 aliphatic rings. The maximum Gasteiger partial charge on any atom is 1.00 e. The first-order chi connectivity index (χ1) is 21.1. The van der Waals surface area contributed by atoms with Crippen molar-refractivity contribution in [2.45, 2.75) is 31.7 Å². The summed E-state index contributed by atoms with van der Waals surface area (Å²) in [6, 6.07) is 23.2. The zero-order valence-corrected chi connectivity index (χ0v) is 30.8. The van der Waals surface area contributed by atoms with Gasteiger partial charge in [0.2, 0.25) is 11.8 Å². The van der Waals surface area contributed by atoms with Crippen LogP contribution in [0.2, 0.25) is 0 Å². The van der Waals surface area contributed by atoms with Crippen LogP contribution >= 0.6 is 7.82 Å². The molecular weight excluding hydrogens is 631 g/mol. The molecule has 0 bridgehead atoms. The predicted molar refractivity (Wildman–Crippen MR) is 157 cm³/mol. The fourth-order valence-corrected chi connectivity index (χ4v) is 5.92. The third-order valence-electron chi connectivity index (χ3n) is 7.45. The van der Waals surface area contributed by atoms with Gasteiger partial charge >= 0.3 is 65.1 Å². The molecule has 0 saturated carbocycles. The van der Waals surface area contributed by atoms with E-state index in [1.165, 1.54) is 34.2 Å². The van der Waals surface area contributed by atoms with Crippen molar-refractivity contribution in [3.05, 3.63) is 114 Å². The molecule has 3 aromatic carbocycles. The predicted octanol–water partition coefficient (Wildman–Crippen LogP) is -4.36. The zero-order valence-electron chi connectivity index (χ0n) is 25.9. The molecule has 2 saturated heterocycles. The first kappa shape index (κ1) is 38.0. The number of fused-ring (bicyclic) bond motifs is 1. The van der Waals surface area contributed by atoms with E-state index in [2.05, 4.69) is 16.4 Å². The monoisotopic (exact) mass is 663 g/mol. The van der Waals surface area contributed by atoms with E-state index in [1.54, 1.807) is 16.0 Å². The molecule has 5 rings (SSSR count).